The van der Waals surface area contributed by atoms with Crippen LogP contribution in [0.3, 0.4) is 0 Å². The van der Waals surface area contributed by atoms with Crippen molar-refractivity contribution in [2.75, 3.05) is 79.0 Å². The number of carboxylic acid groups (broad SMARTS) is 3. The van der Waals surface area contributed by atoms with E-state index in [4.69, 9.17) is 0 Å². The molecular formula is C58H83N11O22. The average molecular weight is 1290 g/mol. The number of nitrogens with zero attached hydrogens (tertiary/aromatic N) is 9. The highest BCUT2D eigenvalue weighted by Crippen LogP contribution is 2.32. The smallest absolute Gasteiger partial charge is 0.320 e. The minimum Gasteiger partial charge on any atom is -0.480 e. The molecule has 10 amide bonds. The van der Waals surface area contributed by atoms with Gasteiger partial charge in [0.2, 0.25) is 59.1 Å². The summed E-state index contributed by atoms with van der Waals surface area (Å²) < 4.78 is 0. The molecule has 13 atom stereocenters. The van der Waals surface area contributed by atoms with Crippen LogP contribution in [0.25, 0.3) is 0 Å². The first-order chi connectivity index (χ1) is 43.2. The lowest BCUT2D eigenvalue weighted by atomic mass is 10.0. The summed E-state index contributed by atoms with van der Waals surface area (Å²) in [7, 11) is 1.42. The van der Waals surface area contributed by atoms with Gasteiger partial charge in [0.05, 0.1) is 56.1 Å². The van der Waals surface area contributed by atoms with Crippen molar-refractivity contribution in [2.24, 2.45) is 0 Å². The molecule has 0 aromatic rings. The molecule has 8 rings (SSSR count). The largest absolute Gasteiger partial charge is 0.480 e. The standard InChI is InChI=1S/C58H83N11O22/c1-59-52(84)42-22-33(72)27-68(42)56(88)36-7-3-17-63(36)47(77)14-12-45(75)41-21-32(71)26-67(41)55(87)38-9-5-19-65(38)49(79)24-60-53(85)43-23-34(73)28-69(43)57(89)37-8-4-18-64(37)48(78)15-11-44(74)40-20-31(70)25-66(40)54(86)35-6-2-16-62(35)46(76)13-10-39(58(90)91)61(29-50(80)81)30-51(82)83/h31-43,70-73H,2-30H2,1H3,(H,59,84)(H,60,85)(H,80,81)(H,82,83)(H,90,91)/t31-,32-,33+,34+,35?,36?,37+,38+,39?,40-,41-,42?,43-/m0/s1. The summed E-state index contributed by atoms with van der Waals surface area (Å²) >= 11 is 0. The monoisotopic (exact) mass is 1290 g/mol. The van der Waals surface area contributed by atoms with Crippen LogP contribution >= 0.6 is 0 Å². The van der Waals surface area contributed by atoms with Gasteiger partial charge in [-0.3, -0.25) is 76.8 Å². The van der Waals surface area contributed by atoms with Gasteiger partial charge in [0, 0.05) is 117 Å². The highest BCUT2D eigenvalue weighted by molar-refractivity contribution is 5.99. The molecule has 0 bridgehead atoms. The Kier molecular flexibility index (Phi) is 22.9. The molecular weight excluding hydrogens is 1200 g/mol. The number of ketones is 2. The van der Waals surface area contributed by atoms with Crippen LogP contribution in [0.5, 0.6) is 0 Å². The zero-order valence-electron chi connectivity index (χ0n) is 50.8. The average Bonchev–Trinajstić information content (AvgIpc) is 1.89. The van der Waals surface area contributed by atoms with E-state index in [9.17, 15) is 108 Å². The summed E-state index contributed by atoms with van der Waals surface area (Å²) in [5.74, 6) is -11.8. The molecule has 8 aliphatic rings. The van der Waals surface area contributed by atoms with Gasteiger partial charge in [0.15, 0.2) is 11.6 Å². The maximum Gasteiger partial charge on any atom is 0.320 e. The van der Waals surface area contributed by atoms with Crippen molar-refractivity contribution < 1.29 is 108 Å². The van der Waals surface area contributed by atoms with Gasteiger partial charge in [-0.1, -0.05) is 0 Å². The Balaban J connectivity index is 0.808. The highest BCUT2D eigenvalue weighted by Gasteiger charge is 2.50. The van der Waals surface area contributed by atoms with E-state index in [1.165, 1.54) is 36.4 Å². The molecule has 8 fully saturated rings. The maximum atomic E-state index is 14.3. The number of rotatable bonds is 25. The number of nitrogens with one attached hydrogen (secondary N) is 2. The fourth-order valence-corrected chi connectivity index (χ4v) is 14.5. The van der Waals surface area contributed by atoms with Crippen LogP contribution in [0.15, 0.2) is 0 Å². The summed E-state index contributed by atoms with van der Waals surface area (Å²) in [6, 6.07) is -10.4. The zero-order valence-corrected chi connectivity index (χ0v) is 50.8. The Labute approximate surface area is 522 Å². The molecule has 0 spiro atoms. The van der Waals surface area contributed by atoms with Crippen molar-refractivity contribution in [3.8, 4) is 0 Å². The molecule has 8 aliphatic heterocycles. The molecule has 0 saturated carbocycles. The number of aliphatic hydroxyl groups excluding tert-OH is 4. The number of Topliss-reactive ketones (excluding diaryl/α,β-unsaturated/α-hetero) is 2. The first-order valence-electron chi connectivity index (χ1n) is 31.3. The lowest BCUT2D eigenvalue weighted by Crippen LogP contribution is -2.55. The Morgan fingerprint density at radius 3 is 1.07 bits per heavy atom. The summed E-state index contributed by atoms with van der Waals surface area (Å²) in [6.07, 6.45) is -4.80. The van der Waals surface area contributed by atoms with Gasteiger partial charge in [-0.25, -0.2) is 0 Å². The number of aliphatic hydroxyl groups is 4. The number of hydrogen-bond acceptors (Lipinski definition) is 20. The number of carbonyl (C=O) groups excluding carboxylic acids is 12. The number of carboxylic acids is 3. The van der Waals surface area contributed by atoms with Crippen molar-refractivity contribution in [1.82, 2.24) is 54.7 Å². The van der Waals surface area contributed by atoms with Crippen LogP contribution in [-0.4, -0.2) is 326 Å². The van der Waals surface area contributed by atoms with Crippen LogP contribution in [0, 0.1) is 0 Å². The Bertz CT molecular complexity index is 2860. The van der Waals surface area contributed by atoms with Crippen molar-refractivity contribution in [1.29, 1.82) is 0 Å². The van der Waals surface area contributed by atoms with Crippen molar-refractivity contribution in [2.45, 2.75) is 194 Å². The third kappa shape index (κ3) is 15.9. The maximum absolute atomic E-state index is 14.3. The van der Waals surface area contributed by atoms with Crippen LogP contribution in [-0.2, 0) is 71.9 Å². The van der Waals surface area contributed by atoms with Gasteiger partial charge in [-0.15, -0.1) is 0 Å². The molecule has 33 heteroatoms. The molecule has 0 radical (unpaired) electrons. The summed E-state index contributed by atoms with van der Waals surface area (Å²) in [4.78, 5) is 210. The van der Waals surface area contributed by atoms with Gasteiger partial charge in [-0.05, 0) is 57.8 Å². The minimum atomic E-state index is -1.67. The predicted molar refractivity (Wildman–Crippen MR) is 307 cm³/mol. The second-order valence-corrected chi connectivity index (χ2v) is 24.9. The summed E-state index contributed by atoms with van der Waals surface area (Å²) in [5.41, 5.74) is 0. The van der Waals surface area contributed by atoms with Crippen LogP contribution in [0.2, 0.25) is 0 Å². The number of amides is 10. The second-order valence-electron chi connectivity index (χ2n) is 24.9. The van der Waals surface area contributed by atoms with Crippen LogP contribution in [0.1, 0.15) is 116 Å². The van der Waals surface area contributed by atoms with Gasteiger partial charge in [0.1, 0.15) is 42.3 Å². The first kappa shape index (κ1) is 69.1. The lowest BCUT2D eigenvalue weighted by Gasteiger charge is -2.32. The summed E-state index contributed by atoms with van der Waals surface area (Å²) in [5, 5.41) is 75.8. The van der Waals surface area contributed by atoms with E-state index >= 15 is 0 Å². The van der Waals surface area contributed by atoms with E-state index in [-0.39, 0.29) is 110 Å². The number of likely N-dealkylation sites (tertiary alicyclic amines) is 8. The number of carbonyl (C=O) groups is 15. The Morgan fingerprint density at radius 1 is 0.407 bits per heavy atom. The molecule has 8 heterocycles. The third-order valence-corrected chi connectivity index (χ3v) is 18.9. The molecule has 0 aromatic carbocycles. The number of aliphatic carboxylic acids is 3. The van der Waals surface area contributed by atoms with Gasteiger partial charge < -0.3 is 85.6 Å². The fraction of sp³-hybridized carbons (Fsp3) is 0.741. The Morgan fingerprint density at radius 2 is 0.725 bits per heavy atom. The predicted octanol–water partition coefficient (Wildman–Crippen LogP) is -5.94. The highest BCUT2D eigenvalue weighted by atomic mass is 16.4. The van der Waals surface area contributed by atoms with E-state index < -0.39 is 213 Å². The molecule has 502 valence electrons. The van der Waals surface area contributed by atoms with E-state index in [1.807, 2.05) is 0 Å². The molecule has 9 N–H and O–H groups in total. The van der Waals surface area contributed by atoms with Crippen molar-refractivity contribution in [3.05, 3.63) is 0 Å². The first-order valence-corrected chi connectivity index (χ1v) is 31.3. The topological polar surface area (TPSA) is 451 Å². The van der Waals surface area contributed by atoms with Gasteiger partial charge in [0.25, 0.3) is 0 Å². The van der Waals surface area contributed by atoms with E-state index in [0.29, 0.717) is 37.0 Å². The van der Waals surface area contributed by atoms with E-state index in [2.05, 4.69) is 10.6 Å². The van der Waals surface area contributed by atoms with E-state index in [1.54, 1.807) is 0 Å². The molecule has 0 aromatic heterocycles. The molecule has 4 unspecified atom stereocenters. The lowest BCUT2D eigenvalue weighted by molar-refractivity contribution is -0.150. The number of likely N-dealkylation sites (N-methyl/N-ethyl adjacent to an activating group) is 1. The minimum absolute atomic E-state index is 0.0480. The van der Waals surface area contributed by atoms with E-state index in [0.717, 1.165) is 9.80 Å². The summed E-state index contributed by atoms with van der Waals surface area (Å²) in [6.45, 7) is -2.84. The van der Waals surface area contributed by atoms with Crippen molar-refractivity contribution in [3.63, 3.8) is 0 Å². The van der Waals surface area contributed by atoms with Crippen LogP contribution in [0.4, 0.5) is 0 Å². The normalized spacial score (nSPS) is 28.5. The third-order valence-electron chi connectivity index (χ3n) is 18.9. The van der Waals surface area contributed by atoms with Gasteiger partial charge in [-0.2, -0.15) is 0 Å². The second kappa shape index (κ2) is 30.1. The quantitative estimate of drug-likeness (QED) is 0.0411. The van der Waals surface area contributed by atoms with Crippen molar-refractivity contribution >= 4 is 88.5 Å². The number of β-amino-alcohol motifs (C(OH)–C–C–N with tert-alkyl or cyclic N) is 4. The molecule has 8 saturated heterocycles. The van der Waals surface area contributed by atoms with Gasteiger partial charge >= 0.3 is 17.9 Å². The fourth-order valence-electron chi connectivity index (χ4n) is 14.5. The van der Waals surface area contributed by atoms with Crippen LogP contribution < -0.4 is 10.6 Å². The molecule has 33 nitrogen and oxygen atoms in total. The molecule has 0 aliphatic carbocycles. The number of hydrogen-bond donors (Lipinski definition) is 9. The molecule has 91 heavy (non-hydrogen) atoms. The SMILES string of the molecule is CNC(=O)C1C[C@@H](O)CN1C(=O)C1CCCN1C(=O)CCC(=O)[C@@H]1C[C@H](O)CN1C(=O)[C@H]1CCCN1C(=O)CNC(=O)[C@@H]1C[C@@H](O)CN1C(=O)[C@H]1CCCN1C(=O)CCC(=O)[C@@H]1C[C@H](O)CN1C(=O)C1CCCN1C(=O)CCC(C(=O)O)N(CC(=O)O)CC(=O)O. The zero-order chi connectivity index (χ0) is 66.3. The Hall–Kier alpha value is -7.75.